The van der Waals surface area contributed by atoms with Gasteiger partial charge in [0.05, 0.1) is 18.2 Å². The molecule has 8 heteroatoms. The van der Waals surface area contributed by atoms with Crippen molar-refractivity contribution in [3.8, 4) is 6.07 Å². The van der Waals surface area contributed by atoms with Crippen molar-refractivity contribution in [1.82, 2.24) is 15.2 Å². The van der Waals surface area contributed by atoms with Gasteiger partial charge in [-0.1, -0.05) is 19.1 Å². The van der Waals surface area contributed by atoms with E-state index in [0.29, 0.717) is 31.6 Å². The lowest BCUT2D eigenvalue weighted by Gasteiger charge is -2.46. The van der Waals surface area contributed by atoms with Crippen molar-refractivity contribution in [3.05, 3.63) is 59.5 Å². The molecule has 0 radical (unpaired) electrons. The summed E-state index contributed by atoms with van der Waals surface area (Å²) in [5, 5.41) is 21.8. The molecule has 1 amide bonds. The summed E-state index contributed by atoms with van der Waals surface area (Å²) in [6.45, 7) is 5.67. The van der Waals surface area contributed by atoms with Gasteiger partial charge in [0.2, 0.25) is 5.91 Å². The predicted octanol–water partition coefficient (Wildman–Crippen LogP) is 2.62. The maximum atomic E-state index is 13.1. The number of piperazine rings is 1. The number of aliphatic hydroxyl groups is 1. The summed E-state index contributed by atoms with van der Waals surface area (Å²) in [6, 6.07) is 11.6. The molecule has 2 aromatic rings. The van der Waals surface area contributed by atoms with Gasteiger partial charge in [0, 0.05) is 44.3 Å². The highest BCUT2D eigenvalue weighted by atomic mass is 19.1. The summed E-state index contributed by atoms with van der Waals surface area (Å²) in [5.74, 6) is 0.559. The normalized spacial score (nSPS) is 19.5. The number of hydrogen-bond acceptors (Lipinski definition) is 6. The van der Waals surface area contributed by atoms with E-state index >= 15 is 0 Å². The fourth-order valence-corrected chi connectivity index (χ4v) is 4.23. The average Bonchev–Trinajstić information content (AvgIpc) is 2.82. The van der Waals surface area contributed by atoms with E-state index in [1.165, 1.54) is 12.1 Å². The molecule has 3 atom stereocenters. The van der Waals surface area contributed by atoms with Crippen LogP contribution in [0.5, 0.6) is 0 Å². The molecule has 1 saturated heterocycles. The van der Waals surface area contributed by atoms with E-state index in [1.54, 1.807) is 24.4 Å². The maximum absolute atomic E-state index is 13.1. The molecular formula is C24H30FN5O2. The van der Waals surface area contributed by atoms with Crippen molar-refractivity contribution in [1.29, 1.82) is 5.26 Å². The Balaban J connectivity index is 1.57. The highest BCUT2D eigenvalue weighted by molar-refractivity contribution is 5.77. The van der Waals surface area contributed by atoms with Crippen LogP contribution >= 0.6 is 0 Å². The third-order valence-electron chi connectivity index (χ3n) is 5.93. The van der Waals surface area contributed by atoms with Gasteiger partial charge in [0.25, 0.3) is 0 Å². The van der Waals surface area contributed by atoms with Crippen molar-refractivity contribution in [2.24, 2.45) is 0 Å². The Bertz CT molecular complexity index is 929. The molecule has 0 aliphatic carbocycles. The molecule has 2 N–H and O–H groups in total. The molecule has 3 rings (SSSR count). The summed E-state index contributed by atoms with van der Waals surface area (Å²) >= 11 is 0. The quantitative estimate of drug-likeness (QED) is 0.657. The van der Waals surface area contributed by atoms with Gasteiger partial charge >= 0.3 is 0 Å². The number of nitriles is 1. The zero-order valence-electron chi connectivity index (χ0n) is 18.5. The van der Waals surface area contributed by atoms with Crippen molar-refractivity contribution in [2.75, 3.05) is 31.1 Å². The van der Waals surface area contributed by atoms with Gasteiger partial charge in [0.15, 0.2) is 0 Å². The van der Waals surface area contributed by atoms with Crippen LogP contribution in [0.1, 0.15) is 43.9 Å². The van der Waals surface area contributed by atoms with E-state index in [-0.39, 0.29) is 36.5 Å². The molecule has 0 saturated carbocycles. The topological polar surface area (TPSA) is 92.5 Å². The summed E-state index contributed by atoms with van der Waals surface area (Å²) in [5.41, 5.74) is 1.31. The highest BCUT2D eigenvalue weighted by Gasteiger charge is 2.33. The summed E-state index contributed by atoms with van der Waals surface area (Å²) in [4.78, 5) is 21.5. The molecule has 1 fully saturated rings. The smallest absolute Gasteiger partial charge is 0.223 e. The van der Waals surface area contributed by atoms with Gasteiger partial charge < -0.3 is 20.2 Å². The van der Waals surface area contributed by atoms with Gasteiger partial charge in [-0.25, -0.2) is 9.37 Å². The van der Waals surface area contributed by atoms with Gasteiger partial charge in [-0.05, 0) is 43.2 Å². The van der Waals surface area contributed by atoms with Crippen molar-refractivity contribution in [3.63, 3.8) is 0 Å². The molecule has 170 valence electrons. The number of benzene rings is 1. The third kappa shape index (κ3) is 5.61. The number of hydrogen-bond donors (Lipinski definition) is 2. The number of aromatic nitrogens is 1. The zero-order valence-corrected chi connectivity index (χ0v) is 18.5. The lowest BCUT2D eigenvalue weighted by atomic mass is 10.0. The number of anilines is 1. The Hall–Kier alpha value is -3.02. The van der Waals surface area contributed by atoms with Crippen LogP contribution in [0.4, 0.5) is 10.2 Å². The summed E-state index contributed by atoms with van der Waals surface area (Å²) in [6.07, 6.45) is 2.76. The van der Waals surface area contributed by atoms with E-state index < -0.39 is 0 Å². The third-order valence-corrected chi connectivity index (χ3v) is 5.93. The van der Waals surface area contributed by atoms with Crippen LogP contribution in [0.3, 0.4) is 0 Å². The molecular weight excluding hydrogens is 409 g/mol. The first-order valence-corrected chi connectivity index (χ1v) is 11.0. The number of rotatable bonds is 8. The van der Waals surface area contributed by atoms with Gasteiger partial charge in [-0.3, -0.25) is 4.79 Å². The van der Waals surface area contributed by atoms with Gasteiger partial charge in [-0.15, -0.1) is 0 Å². The Kier molecular flexibility index (Phi) is 8.14. The largest absolute Gasteiger partial charge is 0.394 e. The Morgan fingerprint density at radius 1 is 1.31 bits per heavy atom. The van der Waals surface area contributed by atoms with E-state index in [1.807, 2.05) is 11.0 Å². The second kappa shape index (κ2) is 11.0. The first-order valence-electron chi connectivity index (χ1n) is 11.0. The fraction of sp³-hybridized carbons (Fsp3) is 0.458. The van der Waals surface area contributed by atoms with Crippen LogP contribution < -0.4 is 10.2 Å². The minimum atomic E-state index is -0.343. The second-order valence-corrected chi connectivity index (χ2v) is 8.12. The lowest BCUT2D eigenvalue weighted by Crippen LogP contribution is -2.59. The number of nitrogens with zero attached hydrogens (tertiary/aromatic N) is 4. The SMILES string of the molecule is CCC1CN(C(=O)CCNC(CO)c2ccc(F)cc2)CC(C)N1c1ccc(C#N)cn1. The number of pyridine rings is 1. The van der Waals surface area contributed by atoms with Crippen molar-refractivity contribution in [2.45, 2.75) is 44.8 Å². The number of carbonyl (C=O) groups is 1. The van der Waals surface area contributed by atoms with Crippen LogP contribution in [0.2, 0.25) is 0 Å². The van der Waals surface area contributed by atoms with E-state index in [4.69, 9.17) is 5.26 Å². The molecule has 32 heavy (non-hydrogen) atoms. The van der Waals surface area contributed by atoms with Crippen LogP contribution in [0, 0.1) is 17.1 Å². The van der Waals surface area contributed by atoms with E-state index in [2.05, 4.69) is 35.1 Å². The minimum Gasteiger partial charge on any atom is -0.394 e. The first-order chi connectivity index (χ1) is 15.5. The molecule has 1 aliphatic heterocycles. The number of aliphatic hydroxyl groups excluding tert-OH is 1. The number of halogens is 1. The van der Waals surface area contributed by atoms with Crippen LogP contribution in [0.25, 0.3) is 0 Å². The van der Waals surface area contributed by atoms with Gasteiger partial charge in [-0.2, -0.15) is 5.26 Å². The fourth-order valence-electron chi connectivity index (χ4n) is 4.23. The first kappa shape index (κ1) is 23.6. The minimum absolute atomic E-state index is 0.0611. The van der Waals surface area contributed by atoms with Crippen molar-refractivity contribution >= 4 is 11.7 Å². The molecule has 2 heterocycles. The van der Waals surface area contributed by atoms with Gasteiger partial charge in [0.1, 0.15) is 17.7 Å². The Morgan fingerprint density at radius 2 is 2.06 bits per heavy atom. The standard InChI is InChI=1S/C24H30FN5O2/c1-3-21-15-29(14-17(2)30(21)23-9-4-18(12-26)13-28-23)24(32)10-11-27-22(16-31)19-5-7-20(25)8-6-19/h4-9,13,17,21-22,27,31H,3,10-11,14-16H2,1-2H3. The van der Waals surface area contributed by atoms with Crippen LogP contribution in [-0.4, -0.2) is 59.2 Å². The Labute approximate surface area is 188 Å². The number of carbonyl (C=O) groups excluding carboxylic acids is 1. The van der Waals surface area contributed by atoms with Crippen LogP contribution in [0.15, 0.2) is 42.6 Å². The highest BCUT2D eigenvalue weighted by Crippen LogP contribution is 2.25. The monoisotopic (exact) mass is 439 g/mol. The molecule has 0 spiro atoms. The molecule has 7 nitrogen and oxygen atoms in total. The Morgan fingerprint density at radius 3 is 2.66 bits per heavy atom. The molecule has 3 unspecified atom stereocenters. The predicted molar refractivity (Wildman–Crippen MR) is 120 cm³/mol. The number of nitrogens with one attached hydrogen (secondary N) is 1. The van der Waals surface area contributed by atoms with Crippen LogP contribution in [-0.2, 0) is 4.79 Å². The van der Waals surface area contributed by atoms with Crippen molar-refractivity contribution < 1.29 is 14.3 Å². The average molecular weight is 440 g/mol. The van der Waals surface area contributed by atoms with E-state index in [9.17, 15) is 14.3 Å². The second-order valence-electron chi connectivity index (χ2n) is 8.12. The summed E-state index contributed by atoms with van der Waals surface area (Å²) in [7, 11) is 0. The number of amides is 1. The molecule has 1 aromatic carbocycles. The maximum Gasteiger partial charge on any atom is 0.223 e. The molecule has 1 aromatic heterocycles. The summed E-state index contributed by atoms with van der Waals surface area (Å²) < 4.78 is 13.1. The molecule has 0 bridgehead atoms. The molecule has 1 aliphatic rings. The zero-order chi connectivity index (χ0) is 23.1. The lowest BCUT2D eigenvalue weighted by molar-refractivity contribution is -0.132. The van der Waals surface area contributed by atoms with E-state index in [0.717, 1.165) is 17.8 Å².